The van der Waals surface area contributed by atoms with Crippen molar-refractivity contribution in [3.8, 4) is 0 Å². The third-order valence-corrected chi connectivity index (χ3v) is 3.47. The van der Waals surface area contributed by atoms with E-state index in [1.54, 1.807) is 12.1 Å². The Morgan fingerprint density at radius 1 is 1.25 bits per heavy atom. The number of imide groups is 1. The maximum Gasteiger partial charge on any atom is 0.338 e. The Balaban J connectivity index is 1.75. The second-order valence-electron chi connectivity index (χ2n) is 4.94. The molecule has 104 valence electrons. The van der Waals surface area contributed by atoms with E-state index >= 15 is 0 Å². The minimum atomic E-state index is -0.608. The van der Waals surface area contributed by atoms with Crippen molar-refractivity contribution in [2.75, 3.05) is 6.61 Å². The molecule has 2 unspecified atom stereocenters. The van der Waals surface area contributed by atoms with Crippen molar-refractivity contribution in [2.45, 2.75) is 19.4 Å². The molecular weight excluding hydrogens is 262 g/mol. The lowest BCUT2D eigenvalue weighted by Gasteiger charge is -2.14. The van der Waals surface area contributed by atoms with E-state index in [0.717, 1.165) is 0 Å². The van der Waals surface area contributed by atoms with Crippen LogP contribution in [0, 0.1) is 5.92 Å². The van der Waals surface area contributed by atoms with Gasteiger partial charge >= 0.3 is 5.97 Å². The summed E-state index contributed by atoms with van der Waals surface area (Å²) in [7, 11) is 0. The molecule has 3 rings (SSSR count). The highest BCUT2D eigenvalue weighted by Gasteiger charge is 2.40. The second kappa shape index (κ2) is 4.72. The van der Waals surface area contributed by atoms with Crippen LogP contribution in [0.5, 0.6) is 0 Å². The fourth-order valence-electron chi connectivity index (χ4n) is 2.40. The van der Waals surface area contributed by atoms with Crippen LogP contribution in [-0.4, -0.2) is 35.6 Å². The van der Waals surface area contributed by atoms with Crippen molar-refractivity contribution in [3.05, 3.63) is 35.4 Å². The van der Waals surface area contributed by atoms with Gasteiger partial charge in [0, 0.05) is 0 Å². The molecular formula is C14H13NO5. The third-order valence-electron chi connectivity index (χ3n) is 3.47. The van der Waals surface area contributed by atoms with E-state index in [-0.39, 0.29) is 23.8 Å². The van der Waals surface area contributed by atoms with Crippen molar-refractivity contribution >= 4 is 17.8 Å². The van der Waals surface area contributed by atoms with Gasteiger partial charge in [-0.1, -0.05) is 17.2 Å². The standard InChI is InChI=1S/C14H13NO5/c1-8-6-9(7-19-8)14(18)20-15-12(16)10-4-2-3-5-11(10)13(15)17/h2-5,8-9H,6-7H2,1H3. The molecule has 1 fully saturated rings. The number of nitrogens with zero attached hydrogens (tertiary/aromatic N) is 1. The number of hydrogen-bond donors (Lipinski definition) is 0. The monoisotopic (exact) mass is 275 g/mol. The molecule has 2 heterocycles. The number of benzene rings is 1. The summed E-state index contributed by atoms with van der Waals surface area (Å²) >= 11 is 0. The molecule has 6 heteroatoms. The Bertz CT molecular complexity index is 562. The van der Waals surface area contributed by atoms with Crippen molar-refractivity contribution in [1.29, 1.82) is 0 Å². The Hall–Kier alpha value is -2.21. The maximum atomic E-state index is 12.0. The third kappa shape index (κ3) is 1.98. The second-order valence-corrected chi connectivity index (χ2v) is 4.94. The molecule has 6 nitrogen and oxygen atoms in total. The minimum Gasteiger partial charge on any atom is -0.378 e. The first-order chi connectivity index (χ1) is 9.58. The van der Waals surface area contributed by atoms with E-state index in [1.165, 1.54) is 12.1 Å². The summed E-state index contributed by atoms with van der Waals surface area (Å²) in [5, 5.41) is 0.538. The summed E-state index contributed by atoms with van der Waals surface area (Å²) in [6.07, 6.45) is 0.511. The van der Waals surface area contributed by atoms with Crippen LogP contribution >= 0.6 is 0 Å². The average Bonchev–Trinajstić information content (AvgIpc) is 2.98. The molecule has 0 radical (unpaired) electrons. The molecule has 1 aromatic rings. The largest absolute Gasteiger partial charge is 0.378 e. The summed E-state index contributed by atoms with van der Waals surface area (Å²) in [5.74, 6) is -2.25. The van der Waals surface area contributed by atoms with Crippen LogP contribution in [0.25, 0.3) is 0 Å². The van der Waals surface area contributed by atoms with Gasteiger partial charge in [0.1, 0.15) is 0 Å². The highest BCUT2D eigenvalue weighted by atomic mass is 16.7. The normalized spacial score (nSPS) is 24.9. The molecule has 20 heavy (non-hydrogen) atoms. The van der Waals surface area contributed by atoms with Crippen LogP contribution in [0.3, 0.4) is 0 Å². The predicted molar refractivity (Wildman–Crippen MR) is 66.6 cm³/mol. The molecule has 2 aliphatic rings. The van der Waals surface area contributed by atoms with Gasteiger partial charge in [-0.25, -0.2) is 4.79 Å². The molecule has 0 bridgehead atoms. The summed E-state index contributed by atoms with van der Waals surface area (Å²) in [6.45, 7) is 2.11. The minimum absolute atomic E-state index is 0.0188. The van der Waals surface area contributed by atoms with Gasteiger partial charge in [-0.3, -0.25) is 9.59 Å². The van der Waals surface area contributed by atoms with Crippen molar-refractivity contribution in [1.82, 2.24) is 5.06 Å². The van der Waals surface area contributed by atoms with E-state index in [2.05, 4.69) is 0 Å². The number of fused-ring (bicyclic) bond motifs is 1. The lowest BCUT2D eigenvalue weighted by Crippen LogP contribution is -2.35. The lowest BCUT2D eigenvalue weighted by atomic mass is 10.1. The lowest BCUT2D eigenvalue weighted by molar-refractivity contribution is -0.173. The molecule has 1 saturated heterocycles. The fourth-order valence-corrected chi connectivity index (χ4v) is 2.40. The van der Waals surface area contributed by atoms with E-state index in [0.29, 0.717) is 11.5 Å². The van der Waals surface area contributed by atoms with E-state index < -0.39 is 23.7 Å². The molecule has 1 aromatic carbocycles. The number of hydroxylamine groups is 2. The highest BCUT2D eigenvalue weighted by Crippen LogP contribution is 2.25. The molecule has 0 aromatic heterocycles. The summed E-state index contributed by atoms with van der Waals surface area (Å²) < 4.78 is 5.28. The topological polar surface area (TPSA) is 72.9 Å². The van der Waals surface area contributed by atoms with Gasteiger partial charge in [0.05, 0.1) is 29.8 Å². The van der Waals surface area contributed by atoms with Crippen molar-refractivity contribution in [3.63, 3.8) is 0 Å². The number of ether oxygens (including phenoxy) is 1. The van der Waals surface area contributed by atoms with E-state index in [4.69, 9.17) is 9.57 Å². The zero-order valence-corrected chi connectivity index (χ0v) is 10.9. The number of carbonyl (C=O) groups excluding carboxylic acids is 3. The first kappa shape index (κ1) is 12.8. The predicted octanol–water partition coefficient (Wildman–Crippen LogP) is 1.17. The molecule has 0 spiro atoms. The summed E-state index contributed by atoms with van der Waals surface area (Å²) in [6, 6.07) is 6.37. The van der Waals surface area contributed by atoms with Gasteiger partial charge in [0.25, 0.3) is 11.8 Å². The van der Waals surface area contributed by atoms with E-state index in [1.807, 2.05) is 6.92 Å². The Morgan fingerprint density at radius 3 is 2.35 bits per heavy atom. The van der Waals surface area contributed by atoms with Crippen LogP contribution in [0.15, 0.2) is 24.3 Å². The van der Waals surface area contributed by atoms with Gasteiger partial charge in [0.15, 0.2) is 0 Å². The first-order valence-electron chi connectivity index (χ1n) is 6.39. The molecule has 2 aliphatic heterocycles. The number of carbonyl (C=O) groups is 3. The van der Waals surface area contributed by atoms with Crippen LogP contribution in [-0.2, 0) is 14.4 Å². The van der Waals surface area contributed by atoms with Gasteiger partial charge in [-0.05, 0) is 25.5 Å². The summed E-state index contributed by atoms with van der Waals surface area (Å²) in [5.41, 5.74) is 0.502. The van der Waals surface area contributed by atoms with Gasteiger partial charge in [-0.15, -0.1) is 0 Å². The zero-order chi connectivity index (χ0) is 14.3. The smallest absolute Gasteiger partial charge is 0.338 e. The Kier molecular flexibility index (Phi) is 3.02. The summed E-state index contributed by atoms with van der Waals surface area (Å²) in [4.78, 5) is 40.9. The van der Waals surface area contributed by atoms with Gasteiger partial charge in [0.2, 0.25) is 0 Å². The van der Waals surface area contributed by atoms with Crippen molar-refractivity contribution < 1.29 is 24.0 Å². The first-order valence-corrected chi connectivity index (χ1v) is 6.39. The number of hydrogen-bond acceptors (Lipinski definition) is 5. The maximum absolute atomic E-state index is 12.0. The Morgan fingerprint density at radius 2 is 1.85 bits per heavy atom. The average molecular weight is 275 g/mol. The van der Waals surface area contributed by atoms with Crippen molar-refractivity contribution in [2.24, 2.45) is 5.92 Å². The number of amides is 2. The van der Waals surface area contributed by atoms with Gasteiger partial charge < -0.3 is 9.57 Å². The highest BCUT2D eigenvalue weighted by molar-refractivity contribution is 6.20. The molecule has 0 N–H and O–H groups in total. The van der Waals surface area contributed by atoms with Crippen LogP contribution in [0.2, 0.25) is 0 Å². The SMILES string of the molecule is CC1CC(C(=O)ON2C(=O)c3ccccc3C2=O)CO1. The molecule has 2 atom stereocenters. The Labute approximate surface area is 115 Å². The van der Waals surface area contributed by atoms with Crippen LogP contribution in [0.1, 0.15) is 34.1 Å². The van der Waals surface area contributed by atoms with Crippen LogP contribution < -0.4 is 0 Å². The molecule has 0 saturated carbocycles. The molecule has 2 amide bonds. The van der Waals surface area contributed by atoms with Gasteiger partial charge in [-0.2, -0.15) is 0 Å². The quantitative estimate of drug-likeness (QED) is 0.757. The fraction of sp³-hybridized carbons (Fsp3) is 0.357. The molecule has 0 aliphatic carbocycles. The number of rotatable bonds is 2. The zero-order valence-electron chi connectivity index (χ0n) is 10.9. The van der Waals surface area contributed by atoms with E-state index in [9.17, 15) is 14.4 Å². The van der Waals surface area contributed by atoms with Crippen LogP contribution in [0.4, 0.5) is 0 Å².